The Morgan fingerprint density at radius 3 is 2.83 bits per heavy atom. The number of amidine groups is 1. The summed E-state index contributed by atoms with van der Waals surface area (Å²) >= 11 is 0. The highest BCUT2D eigenvalue weighted by molar-refractivity contribution is 5.97. The van der Waals surface area contributed by atoms with Crippen LogP contribution in [0.5, 0.6) is 0 Å². The number of rotatable bonds is 2. The van der Waals surface area contributed by atoms with Crippen molar-refractivity contribution in [2.75, 3.05) is 13.6 Å². The zero-order valence-corrected chi connectivity index (χ0v) is 13.3. The van der Waals surface area contributed by atoms with Crippen LogP contribution in [0.1, 0.15) is 23.4 Å². The van der Waals surface area contributed by atoms with Crippen LogP contribution in [-0.2, 0) is 4.84 Å². The highest BCUT2D eigenvalue weighted by Gasteiger charge is 2.36. The smallest absolute Gasteiger partial charge is 0.192 e. The van der Waals surface area contributed by atoms with Crippen molar-refractivity contribution in [3.8, 4) is 11.8 Å². The second kappa shape index (κ2) is 6.40. The summed E-state index contributed by atoms with van der Waals surface area (Å²) in [5.41, 5.74) is 5.21. The molecule has 6 nitrogen and oxygen atoms in total. The molecule has 0 radical (unpaired) electrons. The van der Waals surface area contributed by atoms with E-state index in [-0.39, 0.29) is 6.23 Å². The standard InChI is InChI=1S/C18H17N5O/c1-23-11-9-16(23)18-21-17(22-24-18)15-8-6-13(12-20-15)5-7-14-4-2-3-10-19-14/h2-4,6,8,10,12,16,18H,9,11H2,1H3,(H,21,22). The largest absolute Gasteiger partial charge is 0.299 e. The van der Waals surface area contributed by atoms with Gasteiger partial charge < -0.3 is 0 Å². The lowest BCUT2D eigenvalue weighted by Crippen LogP contribution is -2.51. The first-order valence-electron chi connectivity index (χ1n) is 7.89. The third-order valence-electron chi connectivity index (χ3n) is 4.21. The van der Waals surface area contributed by atoms with Crippen LogP contribution >= 0.6 is 0 Å². The summed E-state index contributed by atoms with van der Waals surface area (Å²) in [6, 6.07) is 9.82. The number of hydrogen-bond acceptors (Lipinski definition) is 6. The summed E-state index contributed by atoms with van der Waals surface area (Å²) in [4.78, 5) is 21.0. The van der Waals surface area contributed by atoms with Gasteiger partial charge >= 0.3 is 0 Å². The zero-order chi connectivity index (χ0) is 16.4. The fourth-order valence-electron chi connectivity index (χ4n) is 2.66. The van der Waals surface area contributed by atoms with Crippen molar-refractivity contribution in [1.82, 2.24) is 20.3 Å². The predicted molar refractivity (Wildman–Crippen MR) is 90.0 cm³/mol. The lowest BCUT2D eigenvalue weighted by Gasteiger charge is -2.39. The number of hydroxylamine groups is 1. The Morgan fingerprint density at radius 2 is 2.17 bits per heavy atom. The van der Waals surface area contributed by atoms with Gasteiger partial charge in [0, 0.05) is 18.0 Å². The molecule has 6 heteroatoms. The van der Waals surface area contributed by atoms with Gasteiger partial charge in [-0.15, -0.1) is 0 Å². The van der Waals surface area contributed by atoms with Crippen LogP contribution in [-0.4, -0.2) is 46.6 Å². The average Bonchev–Trinajstić information content (AvgIpc) is 3.09. The molecule has 1 N–H and O–H groups in total. The Morgan fingerprint density at radius 1 is 1.21 bits per heavy atom. The summed E-state index contributed by atoms with van der Waals surface area (Å²) < 4.78 is 0. The molecule has 0 amide bonds. The molecule has 120 valence electrons. The first-order chi connectivity index (χ1) is 11.8. The van der Waals surface area contributed by atoms with Gasteiger partial charge in [0.2, 0.25) is 0 Å². The molecular weight excluding hydrogens is 302 g/mol. The Kier molecular flexibility index (Phi) is 3.95. The molecule has 4 rings (SSSR count). The number of hydrogen-bond donors (Lipinski definition) is 1. The third kappa shape index (κ3) is 3.00. The van der Waals surface area contributed by atoms with Crippen molar-refractivity contribution < 1.29 is 4.84 Å². The third-order valence-corrected chi connectivity index (χ3v) is 4.21. The van der Waals surface area contributed by atoms with E-state index in [1.54, 1.807) is 12.4 Å². The summed E-state index contributed by atoms with van der Waals surface area (Å²) in [6.45, 7) is 1.09. The highest BCUT2D eigenvalue weighted by atomic mass is 16.7. The molecular formula is C18H17N5O. The Labute approximate surface area is 140 Å². The topological polar surface area (TPSA) is 62.6 Å². The molecule has 2 aromatic heterocycles. The maximum Gasteiger partial charge on any atom is 0.192 e. The van der Waals surface area contributed by atoms with E-state index in [2.05, 4.69) is 44.2 Å². The van der Waals surface area contributed by atoms with Crippen LogP contribution in [0.15, 0.2) is 47.7 Å². The summed E-state index contributed by atoms with van der Waals surface area (Å²) in [5, 5.41) is 0. The molecule has 2 aliphatic heterocycles. The molecule has 0 spiro atoms. The fraction of sp³-hybridized carbons (Fsp3) is 0.278. The van der Waals surface area contributed by atoms with E-state index in [9.17, 15) is 0 Å². The van der Waals surface area contributed by atoms with Crippen molar-refractivity contribution in [3.05, 3.63) is 59.7 Å². The molecule has 24 heavy (non-hydrogen) atoms. The van der Waals surface area contributed by atoms with E-state index in [0.717, 1.165) is 29.9 Å². The van der Waals surface area contributed by atoms with Crippen molar-refractivity contribution in [2.24, 2.45) is 4.99 Å². The average molecular weight is 319 g/mol. The van der Waals surface area contributed by atoms with Crippen LogP contribution in [0.4, 0.5) is 0 Å². The number of nitrogens with one attached hydrogen (secondary N) is 1. The van der Waals surface area contributed by atoms with Crippen molar-refractivity contribution in [2.45, 2.75) is 18.7 Å². The van der Waals surface area contributed by atoms with Gasteiger partial charge in [0.05, 0.1) is 6.04 Å². The molecule has 1 fully saturated rings. The molecule has 0 aliphatic carbocycles. The molecule has 2 unspecified atom stereocenters. The van der Waals surface area contributed by atoms with Gasteiger partial charge in [-0.3, -0.25) is 9.88 Å². The van der Waals surface area contributed by atoms with Crippen LogP contribution < -0.4 is 5.48 Å². The molecule has 0 bridgehead atoms. The molecule has 2 aromatic rings. The number of likely N-dealkylation sites (N-methyl/N-ethyl adjacent to an activating group) is 1. The van der Waals surface area contributed by atoms with Crippen LogP contribution in [0.3, 0.4) is 0 Å². The van der Waals surface area contributed by atoms with Gasteiger partial charge in [0.15, 0.2) is 12.1 Å². The molecule has 2 aliphatic rings. The molecule has 4 heterocycles. The first-order valence-corrected chi connectivity index (χ1v) is 7.89. The quantitative estimate of drug-likeness (QED) is 0.843. The number of pyridine rings is 2. The van der Waals surface area contributed by atoms with Crippen molar-refractivity contribution >= 4 is 5.84 Å². The monoisotopic (exact) mass is 319 g/mol. The minimum atomic E-state index is -0.163. The molecule has 0 saturated carbocycles. The number of aromatic nitrogens is 2. The number of aliphatic imine (C=N–C) groups is 1. The highest BCUT2D eigenvalue weighted by Crippen LogP contribution is 2.23. The summed E-state index contributed by atoms with van der Waals surface area (Å²) in [7, 11) is 2.08. The van der Waals surface area contributed by atoms with E-state index in [4.69, 9.17) is 4.84 Å². The number of nitrogens with zero attached hydrogens (tertiary/aromatic N) is 4. The minimum Gasteiger partial charge on any atom is -0.299 e. The molecule has 1 saturated heterocycles. The number of likely N-dealkylation sites (tertiary alicyclic amines) is 1. The lowest BCUT2D eigenvalue weighted by molar-refractivity contribution is -0.0512. The maximum absolute atomic E-state index is 5.56. The van der Waals surface area contributed by atoms with E-state index >= 15 is 0 Å². The maximum atomic E-state index is 5.56. The van der Waals surface area contributed by atoms with Gasteiger partial charge in [-0.05, 0) is 50.2 Å². The minimum absolute atomic E-state index is 0.163. The van der Waals surface area contributed by atoms with Gasteiger partial charge in [0.1, 0.15) is 11.4 Å². The Bertz CT molecular complexity index is 807. The SMILES string of the molecule is CN1CCC1C1N=C(c2ccc(C#Cc3ccccn3)cn2)NO1. The van der Waals surface area contributed by atoms with Crippen LogP contribution in [0.25, 0.3) is 0 Å². The Balaban J connectivity index is 1.46. The van der Waals surface area contributed by atoms with E-state index in [1.165, 1.54) is 0 Å². The van der Waals surface area contributed by atoms with Crippen molar-refractivity contribution in [1.29, 1.82) is 0 Å². The van der Waals surface area contributed by atoms with Crippen LogP contribution in [0, 0.1) is 11.8 Å². The first kappa shape index (κ1) is 14.8. The van der Waals surface area contributed by atoms with E-state index in [1.807, 2.05) is 30.3 Å². The lowest BCUT2D eigenvalue weighted by atomic mass is 10.0. The summed E-state index contributed by atoms with van der Waals surface area (Å²) in [6.07, 6.45) is 4.41. The fourth-order valence-corrected chi connectivity index (χ4v) is 2.66. The van der Waals surface area contributed by atoms with Gasteiger partial charge in [-0.2, -0.15) is 0 Å². The Hall–Kier alpha value is -2.75. The van der Waals surface area contributed by atoms with Gasteiger partial charge in [-0.25, -0.2) is 20.3 Å². The van der Waals surface area contributed by atoms with Crippen LogP contribution in [0.2, 0.25) is 0 Å². The predicted octanol–water partition coefficient (Wildman–Crippen LogP) is 1.19. The second-order valence-corrected chi connectivity index (χ2v) is 5.82. The van der Waals surface area contributed by atoms with E-state index in [0.29, 0.717) is 11.9 Å². The van der Waals surface area contributed by atoms with Gasteiger partial charge in [0.25, 0.3) is 0 Å². The molecule has 2 atom stereocenters. The zero-order valence-electron chi connectivity index (χ0n) is 13.3. The molecule has 0 aromatic carbocycles. The van der Waals surface area contributed by atoms with Gasteiger partial charge in [-0.1, -0.05) is 12.0 Å². The van der Waals surface area contributed by atoms with Crippen molar-refractivity contribution in [3.63, 3.8) is 0 Å². The second-order valence-electron chi connectivity index (χ2n) is 5.82. The van der Waals surface area contributed by atoms with E-state index < -0.39 is 0 Å². The summed E-state index contributed by atoms with van der Waals surface area (Å²) in [5.74, 6) is 6.74. The normalized spacial score (nSPS) is 22.8.